The van der Waals surface area contributed by atoms with Gasteiger partial charge in [-0.1, -0.05) is 35.9 Å². The van der Waals surface area contributed by atoms with Crippen LogP contribution in [0.5, 0.6) is 0 Å². The lowest BCUT2D eigenvalue weighted by Gasteiger charge is -2.20. The third-order valence-electron chi connectivity index (χ3n) is 3.91. The van der Waals surface area contributed by atoms with Crippen LogP contribution >= 0.6 is 11.6 Å². The van der Waals surface area contributed by atoms with Crippen LogP contribution in [0.2, 0.25) is 5.02 Å². The number of nitrogens with one attached hydrogen (secondary N) is 2. The molecule has 4 nitrogen and oxygen atoms in total. The molecule has 4 rings (SSSR count). The van der Waals surface area contributed by atoms with Gasteiger partial charge in [-0.25, -0.2) is 0 Å². The fourth-order valence-electron chi connectivity index (χ4n) is 2.76. The molecular formula is C17H13ClN2O2. The maximum Gasteiger partial charge on any atom is 0.229 e. The highest BCUT2D eigenvalue weighted by Gasteiger charge is 2.39. The largest absolute Gasteiger partial charge is 0.461 e. The summed E-state index contributed by atoms with van der Waals surface area (Å²) in [6, 6.07) is 13.1. The zero-order valence-electron chi connectivity index (χ0n) is 11.8. The van der Waals surface area contributed by atoms with E-state index >= 15 is 0 Å². The van der Waals surface area contributed by atoms with Gasteiger partial charge in [-0.15, -0.1) is 0 Å². The first-order chi connectivity index (χ1) is 10.6. The van der Waals surface area contributed by atoms with Crippen LogP contribution in [-0.4, -0.2) is 5.78 Å². The lowest BCUT2D eigenvalue weighted by atomic mass is 10.00. The molecule has 1 atom stereocenters. The Hall–Kier alpha value is -2.46. The van der Waals surface area contributed by atoms with Crippen LogP contribution < -0.4 is 10.6 Å². The van der Waals surface area contributed by atoms with Gasteiger partial charge in [0.25, 0.3) is 0 Å². The topological polar surface area (TPSA) is 50.4 Å². The number of aryl methyl sites for hydroxylation is 1. The minimum absolute atomic E-state index is 0.0719. The van der Waals surface area contributed by atoms with Gasteiger partial charge < -0.3 is 15.4 Å². The highest BCUT2D eigenvalue weighted by atomic mass is 35.5. The number of halogens is 1. The van der Waals surface area contributed by atoms with Crippen molar-refractivity contribution in [3.8, 4) is 0 Å². The van der Waals surface area contributed by atoms with Crippen LogP contribution in [0, 0.1) is 6.92 Å². The quantitative estimate of drug-likeness (QED) is 0.836. The molecule has 2 N–H and O–H groups in total. The van der Waals surface area contributed by atoms with Gasteiger partial charge in [0.15, 0.2) is 6.10 Å². The van der Waals surface area contributed by atoms with Crippen LogP contribution in [0.25, 0.3) is 0 Å². The third-order valence-corrected chi connectivity index (χ3v) is 4.14. The van der Waals surface area contributed by atoms with E-state index in [4.69, 9.17) is 16.3 Å². The highest BCUT2D eigenvalue weighted by molar-refractivity contribution is 6.31. The van der Waals surface area contributed by atoms with Gasteiger partial charge in [-0.2, -0.15) is 0 Å². The van der Waals surface area contributed by atoms with Crippen LogP contribution in [0.1, 0.15) is 17.2 Å². The van der Waals surface area contributed by atoms with E-state index < -0.39 is 6.10 Å². The summed E-state index contributed by atoms with van der Waals surface area (Å²) in [5.41, 5.74) is 3.98. The van der Waals surface area contributed by atoms with E-state index in [0.717, 1.165) is 22.5 Å². The molecule has 2 heterocycles. The summed E-state index contributed by atoms with van der Waals surface area (Å²) in [6.07, 6.45) is -0.615. The predicted molar refractivity (Wildman–Crippen MR) is 85.7 cm³/mol. The van der Waals surface area contributed by atoms with Crippen molar-refractivity contribution in [2.24, 2.45) is 0 Å². The summed E-state index contributed by atoms with van der Waals surface area (Å²) >= 11 is 6.00. The maximum atomic E-state index is 12.7. The van der Waals surface area contributed by atoms with Crippen molar-refractivity contribution >= 4 is 28.8 Å². The number of anilines is 2. The van der Waals surface area contributed by atoms with Gasteiger partial charge in [-0.05, 0) is 30.7 Å². The summed E-state index contributed by atoms with van der Waals surface area (Å²) in [7, 11) is 0. The van der Waals surface area contributed by atoms with Crippen LogP contribution in [0.4, 0.5) is 11.4 Å². The zero-order chi connectivity index (χ0) is 15.3. The summed E-state index contributed by atoms with van der Waals surface area (Å²) in [5, 5.41) is 6.90. The lowest BCUT2D eigenvalue weighted by molar-refractivity contribution is -0.121. The van der Waals surface area contributed by atoms with Gasteiger partial charge in [0.1, 0.15) is 5.70 Å². The van der Waals surface area contributed by atoms with Crippen molar-refractivity contribution in [2.45, 2.75) is 13.0 Å². The first kappa shape index (κ1) is 13.2. The van der Waals surface area contributed by atoms with E-state index in [0.29, 0.717) is 16.6 Å². The van der Waals surface area contributed by atoms with Crippen molar-refractivity contribution in [3.05, 3.63) is 70.2 Å². The Bertz CT molecular complexity index is 829. The van der Waals surface area contributed by atoms with E-state index in [1.807, 2.05) is 37.3 Å². The number of carbonyl (C=O) groups is 1. The molecule has 0 saturated carbocycles. The fraction of sp³-hybridized carbons (Fsp3) is 0.118. The Labute approximate surface area is 132 Å². The van der Waals surface area contributed by atoms with Gasteiger partial charge >= 0.3 is 0 Å². The molecule has 22 heavy (non-hydrogen) atoms. The lowest BCUT2D eigenvalue weighted by Crippen LogP contribution is -2.18. The van der Waals surface area contributed by atoms with E-state index in [-0.39, 0.29) is 5.78 Å². The molecule has 0 amide bonds. The average molecular weight is 313 g/mol. The molecule has 0 spiro atoms. The Balaban J connectivity index is 1.69. The van der Waals surface area contributed by atoms with Crippen molar-refractivity contribution in [3.63, 3.8) is 0 Å². The first-order valence-corrected chi connectivity index (χ1v) is 7.35. The van der Waals surface area contributed by atoms with Crippen molar-refractivity contribution in [1.82, 2.24) is 0 Å². The number of carbonyl (C=O) groups excluding carboxylic acids is 1. The molecule has 0 fully saturated rings. The second-order valence-corrected chi connectivity index (χ2v) is 5.80. The molecule has 0 bridgehead atoms. The predicted octanol–water partition coefficient (Wildman–Crippen LogP) is 4.00. The molecule has 2 aliphatic rings. The van der Waals surface area contributed by atoms with Gasteiger partial charge in [-0.3, -0.25) is 4.79 Å². The number of rotatable bonds is 1. The summed E-state index contributed by atoms with van der Waals surface area (Å²) in [4.78, 5) is 12.7. The molecule has 110 valence electrons. The first-order valence-electron chi connectivity index (χ1n) is 6.98. The summed E-state index contributed by atoms with van der Waals surface area (Å²) < 4.78 is 5.85. The van der Waals surface area contributed by atoms with Gasteiger partial charge in [0, 0.05) is 10.6 Å². The minimum Gasteiger partial charge on any atom is -0.461 e. The molecule has 2 aliphatic heterocycles. The number of fused-ring (bicyclic) bond motifs is 1. The molecule has 0 radical (unpaired) electrons. The van der Waals surface area contributed by atoms with Crippen LogP contribution in [-0.2, 0) is 9.53 Å². The standard InChI is InChI=1S/C17H13ClN2O2/c1-9-4-2-3-5-11(9)16-15(21)14-17(22-16)20-13-8-10(18)6-7-12(13)19-14/h2-8,16,19-20H,1H3. The normalized spacial score (nSPS) is 19.0. The van der Waals surface area contributed by atoms with Gasteiger partial charge in [0.05, 0.1) is 11.4 Å². The number of ketones is 1. The third kappa shape index (κ3) is 1.96. The van der Waals surface area contributed by atoms with E-state index in [9.17, 15) is 4.79 Å². The molecule has 0 aromatic heterocycles. The van der Waals surface area contributed by atoms with Gasteiger partial charge in [0.2, 0.25) is 11.7 Å². The number of benzene rings is 2. The van der Waals surface area contributed by atoms with Crippen molar-refractivity contribution in [1.29, 1.82) is 0 Å². The Morgan fingerprint density at radius 3 is 2.73 bits per heavy atom. The molecule has 2 aromatic carbocycles. The molecular weight excluding hydrogens is 300 g/mol. The summed E-state index contributed by atoms with van der Waals surface area (Å²) in [5.74, 6) is 0.380. The maximum absolute atomic E-state index is 12.7. The molecule has 0 saturated heterocycles. The molecule has 5 heteroatoms. The second kappa shape index (κ2) is 4.78. The molecule has 2 aromatic rings. The average Bonchev–Trinajstić information content (AvgIpc) is 2.82. The van der Waals surface area contributed by atoms with E-state index in [1.165, 1.54) is 0 Å². The van der Waals surface area contributed by atoms with Crippen molar-refractivity contribution < 1.29 is 9.53 Å². The Morgan fingerprint density at radius 2 is 1.91 bits per heavy atom. The fourth-order valence-corrected chi connectivity index (χ4v) is 2.93. The second-order valence-electron chi connectivity index (χ2n) is 5.36. The number of hydrogen-bond donors (Lipinski definition) is 2. The van der Waals surface area contributed by atoms with Crippen LogP contribution in [0.3, 0.4) is 0 Å². The molecule has 1 unspecified atom stereocenters. The number of Topliss-reactive ketones (excluding diaryl/α,β-unsaturated/α-hetero) is 1. The van der Waals surface area contributed by atoms with Crippen molar-refractivity contribution in [2.75, 3.05) is 10.6 Å². The Morgan fingerprint density at radius 1 is 1.09 bits per heavy atom. The van der Waals surface area contributed by atoms with E-state index in [1.54, 1.807) is 12.1 Å². The summed E-state index contributed by atoms with van der Waals surface area (Å²) in [6.45, 7) is 1.97. The number of ether oxygens (including phenoxy) is 1. The molecule has 0 aliphatic carbocycles. The SMILES string of the molecule is Cc1ccccc1C1OC2=C(Nc3ccc(Cl)cc3N2)C1=O. The van der Waals surface area contributed by atoms with Crippen LogP contribution in [0.15, 0.2) is 54.0 Å². The Kier molecular flexibility index (Phi) is 2.87. The smallest absolute Gasteiger partial charge is 0.229 e. The highest BCUT2D eigenvalue weighted by Crippen LogP contribution is 2.40. The monoisotopic (exact) mass is 312 g/mol. The zero-order valence-corrected chi connectivity index (χ0v) is 12.6. The minimum atomic E-state index is -0.615. The van der Waals surface area contributed by atoms with E-state index in [2.05, 4.69) is 10.6 Å². The number of hydrogen-bond acceptors (Lipinski definition) is 4.